The average molecular weight is 303 g/mol. The van der Waals surface area contributed by atoms with Crippen LogP contribution in [0, 0.1) is 6.92 Å². The molecule has 0 bridgehead atoms. The van der Waals surface area contributed by atoms with Crippen molar-refractivity contribution in [1.29, 1.82) is 0 Å². The number of fused-ring (bicyclic) bond motifs is 1. The third kappa shape index (κ3) is 3.52. The van der Waals surface area contributed by atoms with E-state index in [1.807, 2.05) is 25.1 Å². The third-order valence-corrected chi connectivity index (χ3v) is 4.15. The van der Waals surface area contributed by atoms with Gasteiger partial charge in [-0.1, -0.05) is 23.7 Å². The van der Waals surface area contributed by atoms with Crippen LogP contribution in [0.5, 0.6) is 0 Å². The van der Waals surface area contributed by atoms with Crippen LogP contribution in [0.3, 0.4) is 0 Å². The first-order valence-corrected chi connectivity index (χ1v) is 7.62. The molecular formula is C16H19ClN4. The van der Waals surface area contributed by atoms with E-state index >= 15 is 0 Å². The number of hydrogen-bond donors (Lipinski definition) is 1. The largest absolute Gasteiger partial charge is 0.353 e. The van der Waals surface area contributed by atoms with Crippen molar-refractivity contribution in [3.63, 3.8) is 0 Å². The fraction of sp³-hybridized carbons (Fsp3) is 0.375. The van der Waals surface area contributed by atoms with Gasteiger partial charge in [-0.2, -0.15) is 0 Å². The second-order valence-electron chi connectivity index (χ2n) is 5.35. The highest BCUT2D eigenvalue weighted by atomic mass is 35.5. The standard InChI is InChI=1S/C16H19ClN4/c1-12-5-7-18-16(20-12)19-8-10-21-9-6-14-13(11-21)3-2-4-15(14)17/h2-5,7H,6,8-11H2,1H3,(H,18,19,20). The summed E-state index contributed by atoms with van der Waals surface area (Å²) in [4.78, 5) is 11.0. The maximum absolute atomic E-state index is 6.24. The summed E-state index contributed by atoms with van der Waals surface area (Å²) in [6.45, 7) is 5.81. The number of anilines is 1. The molecule has 1 aromatic heterocycles. The Bertz CT molecular complexity index is 629. The second-order valence-corrected chi connectivity index (χ2v) is 5.76. The van der Waals surface area contributed by atoms with Crippen molar-refractivity contribution < 1.29 is 0 Å². The maximum atomic E-state index is 6.24. The van der Waals surface area contributed by atoms with Crippen molar-refractivity contribution in [2.24, 2.45) is 0 Å². The van der Waals surface area contributed by atoms with Crippen molar-refractivity contribution in [1.82, 2.24) is 14.9 Å². The van der Waals surface area contributed by atoms with Crippen LogP contribution >= 0.6 is 11.6 Å². The Morgan fingerprint density at radius 2 is 2.24 bits per heavy atom. The predicted molar refractivity (Wildman–Crippen MR) is 85.7 cm³/mol. The van der Waals surface area contributed by atoms with E-state index in [0.29, 0.717) is 5.95 Å². The fourth-order valence-electron chi connectivity index (χ4n) is 2.67. The van der Waals surface area contributed by atoms with Crippen LogP contribution in [0.1, 0.15) is 16.8 Å². The van der Waals surface area contributed by atoms with Crippen LogP contribution < -0.4 is 5.32 Å². The molecule has 0 saturated heterocycles. The van der Waals surface area contributed by atoms with E-state index in [9.17, 15) is 0 Å². The van der Waals surface area contributed by atoms with Gasteiger partial charge in [-0.05, 0) is 36.6 Å². The molecule has 0 amide bonds. The van der Waals surface area contributed by atoms with Gasteiger partial charge in [0.1, 0.15) is 0 Å². The van der Waals surface area contributed by atoms with Gasteiger partial charge in [0, 0.05) is 43.1 Å². The Kier molecular flexibility index (Phi) is 4.36. The summed E-state index contributed by atoms with van der Waals surface area (Å²) in [6, 6.07) is 8.08. The normalized spacial score (nSPS) is 14.8. The van der Waals surface area contributed by atoms with Gasteiger partial charge in [0.2, 0.25) is 5.95 Å². The predicted octanol–water partition coefficient (Wildman–Crippen LogP) is 2.91. The molecule has 0 radical (unpaired) electrons. The molecule has 1 aliphatic heterocycles. The minimum absolute atomic E-state index is 0.704. The highest BCUT2D eigenvalue weighted by Gasteiger charge is 2.17. The van der Waals surface area contributed by atoms with Gasteiger partial charge in [-0.15, -0.1) is 0 Å². The Balaban J connectivity index is 1.53. The average Bonchev–Trinajstić information content (AvgIpc) is 2.47. The number of benzene rings is 1. The summed E-state index contributed by atoms with van der Waals surface area (Å²) in [5, 5.41) is 4.18. The molecule has 110 valence electrons. The zero-order valence-electron chi connectivity index (χ0n) is 12.1. The van der Waals surface area contributed by atoms with Crippen molar-refractivity contribution >= 4 is 17.5 Å². The molecular weight excluding hydrogens is 284 g/mol. The van der Waals surface area contributed by atoms with Crippen molar-refractivity contribution in [3.05, 3.63) is 52.3 Å². The molecule has 0 atom stereocenters. The van der Waals surface area contributed by atoms with Crippen LogP contribution in [0.25, 0.3) is 0 Å². The van der Waals surface area contributed by atoms with Crippen LogP contribution in [-0.4, -0.2) is 34.5 Å². The van der Waals surface area contributed by atoms with Crippen molar-refractivity contribution in [2.75, 3.05) is 25.0 Å². The van der Waals surface area contributed by atoms with Gasteiger partial charge < -0.3 is 5.32 Å². The lowest BCUT2D eigenvalue weighted by Crippen LogP contribution is -2.34. The number of hydrogen-bond acceptors (Lipinski definition) is 4. The van der Waals surface area contributed by atoms with Crippen LogP contribution in [0.4, 0.5) is 5.95 Å². The number of aromatic nitrogens is 2. The molecule has 1 N–H and O–H groups in total. The molecule has 2 aromatic rings. The zero-order valence-corrected chi connectivity index (χ0v) is 12.9. The number of halogens is 1. The number of nitrogens with zero attached hydrogens (tertiary/aromatic N) is 3. The molecule has 21 heavy (non-hydrogen) atoms. The number of rotatable bonds is 4. The fourth-order valence-corrected chi connectivity index (χ4v) is 2.96. The molecule has 0 unspecified atom stereocenters. The minimum atomic E-state index is 0.704. The highest BCUT2D eigenvalue weighted by Crippen LogP contribution is 2.25. The molecule has 0 spiro atoms. The van der Waals surface area contributed by atoms with E-state index < -0.39 is 0 Å². The lowest BCUT2D eigenvalue weighted by molar-refractivity contribution is 0.264. The Morgan fingerprint density at radius 3 is 3.10 bits per heavy atom. The SMILES string of the molecule is Cc1ccnc(NCCN2CCc3c(Cl)cccc3C2)n1. The first-order chi connectivity index (χ1) is 10.2. The van der Waals surface area contributed by atoms with E-state index in [1.165, 1.54) is 11.1 Å². The topological polar surface area (TPSA) is 41.1 Å². The summed E-state index contributed by atoms with van der Waals surface area (Å²) < 4.78 is 0. The van der Waals surface area contributed by atoms with E-state index in [4.69, 9.17) is 11.6 Å². The molecule has 0 saturated carbocycles. The minimum Gasteiger partial charge on any atom is -0.353 e. The quantitative estimate of drug-likeness (QED) is 0.943. The van der Waals surface area contributed by atoms with Gasteiger partial charge in [0.25, 0.3) is 0 Å². The molecule has 0 fully saturated rings. The van der Waals surface area contributed by atoms with E-state index in [2.05, 4.69) is 26.3 Å². The van der Waals surface area contributed by atoms with Gasteiger partial charge >= 0.3 is 0 Å². The highest BCUT2D eigenvalue weighted by molar-refractivity contribution is 6.31. The number of nitrogens with one attached hydrogen (secondary N) is 1. The Hall–Kier alpha value is -1.65. The lowest BCUT2D eigenvalue weighted by Gasteiger charge is -2.29. The first kappa shape index (κ1) is 14.3. The zero-order chi connectivity index (χ0) is 14.7. The molecule has 5 heteroatoms. The lowest BCUT2D eigenvalue weighted by atomic mass is 10.00. The summed E-state index contributed by atoms with van der Waals surface area (Å²) in [6.07, 6.45) is 2.81. The Morgan fingerprint density at radius 1 is 1.33 bits per heavy atom. The molecule has 4 nitrogen and oxygen atoms in total. The Labute approximate surface area is 130 Å². The number of aryl methyl sites for hydroxylation is 1. The molecule has 3 rings (SSSR count). The van der Waals surface area contributed by atoms with Crippen LogP contribution in [0.2, 0.25) is 5.02 Å². The van der Waals surface area contributed by atoms with Gasteiger partial charge in [0.15, 0.2) is 0 Å². The summed E-state index contributed by atoms with van der Waals surface area (Å²) in [5.74, 6) is 0.704. The second kappa shape index (κ2) is 6.41. The van der Waals surface area contributed by atoms with E-state index in [0.717, 1.165) is 43.3 Å². The van der Waals surface area contributed by atoms with Crippen molar-refractivity contribution in [2.45, 2.75) is 19.9 Å². The van der Waals surface area contributed by atoms with Crippen LogP contribution in [-0.2, 0) is 13.0 Å². The van der Waals surface area contributed by atoms with Crippen molar-refractivity contribution in [3.8, 4) is 0 Å². The van der Waals surface area contributed by atoms with E-state index in [1.54, 1.807) is 6.20 Å². The maximum Gasteiger partial charge on any atom is 0.222 e. The monoisotopic (exact) mass is 302 g/mol. The summed E-state index contributed by atoms with van der Waals surface area (Å²) in [5.41, 5.74) is 3.64. The van der Waals surface area contributed by atoms with Crippen LogP contribution in [0.15, 0.2) is 30.5 Å². The summed E-state index contributed by atoms with van der Waals surface area (Å²) in [7, 11) is 0. The van der Waals surface area contributed by atoms with Gasteiger partial charge in [-0.3, -0.25) is 4.90 Å². The molecule has 1 aromatic carbocycles. The molecule has 0 aliphatic carbocycles. The van der Waals surface area contributed by atoms with Gasteiger partial charge in [0.05, 0.1) is 0 Å². The molecule has 1 aliphatic rings. The molecule has 2 heterocycles. The summed E-state index contributed by atoms with van der Waals surface area (Å²) >= 11 is 6.24. The van der Waals surface area contributed by atoms with Gasteiger partial charge in [-0.25, -0.2) is 9.97 Å². The third-order valence-electron chi connectivity index (χ3n) is 3.79. The smallest absolute Gasteiger partial charge is 0.222 e. The van der Waals surface area contributed by atoms with E-state index in [-0.39, 0.29) is 0 Å². The first-order valence-electron chi connectivity index (χ1n) is 7.24.